The molecule has 2 aliphatic heterocycles. The molecule has 0 amide bonds. The Morgan fingerprint density at radius 3 is 3.00 bits per heavy atom. The fourth-order valence-electron chi connectivity index (χ4n) is 3.05. The van der Waals surface area contributed by atoms with Crippen LogP contribution in [0.25, 0.3) is 6.08 Å². The number of aromatic nitrogens is 2. The van der Waals surface area contributed by atoms with Crippen LogP contribution in [0.5, 0.6) is 5.75 Å². The number of para-hydroxylation sites is 1. The first-order valence-electron chi connectivity index (χ1n) is 7.26. The molecule has 1 atom stereocenters. The molecule has 1 fully saturated rings. The Bertz CT molecular complexity index is 694. The van der Waals surface area contributed by atoms with Crippen molar-refractivity contribution < 1.29 is 9.15 Å². The van der Waals surface area contributed by atoms with Crippen LogP contribution in [0, 0.1) is 6.92 Å². The largest absolute Gasteiger partial charge is 0.481 e. The molecule has 2 aromatic rings. The molecule has 3 heterocycles. The fourth-order valence-corrected chi connectivity index (χ4v) is 3.05. The van der Waals surface area contributed by atoms with Crippen molar-refractivity contribution in [3.05, 3.63) is 41.8 Å². The van der Waals surface area contributed by atoms with E-state index in [-0.39, 0.29) is 5.60 Å². The zero-order valence-corrected chi connectivity index (χ0v) is 12.0. The van der Waals surface area contributed by atoms with Gasteiger partial charge in [0.05, 0.1) is 6.54 Å². The summed E-state index contributed by atoms with van der Waals surface area (Å²) in [4.78, 5) is 2.11. The Labute approximate surface area is 123 Å². The van der Waals surface area contributed by atoms with Crippen LogP contribution < -0.4 is 9.64 Å². The van der Waals surface area contributed by atoms with Crippen molar-refractivity contribution in [2.45, 2.75) is 25.4 Å². The third-order valence-electron chi connectivity index (χ3n) is 4.07. The van der Waals surface area contributed by atoms with Crippen molar-refractivity contribution in [2.24, 2.45) is 0 Å². The standard InChI is InChI=1S/C16H17N3O2/c1-12-17-18-15(20-12)19-10-4-8-16(11-19)9-7-13-5-2-3-6-14(13)21-16/h2-3,5-7,9H,4,8,10-11H2,1H3. The second-order valence-corrected chi connectivity index (χ2v) is 5.67. The molecule has 0 radical (unpaired) electrons. The van der Waals surface area contributed by atoms with Gasteiger partial charge in [-0.2, -0.15) is 0 Å². The van der Waals surface area contributed by atoms with Crippen LogP contribution in [0.1, 0.15) is 24.3 Å². The fraction of sp³-hybridized carbons (Fsp3) is 0.375. The van der Waals surface area contributed by atoms with E-state index >= 15 is 0 Å². The molecule has 1 unspecified atom stereocenters. The van der Waals surface area contributed by atoms with Crippen molar-refractivity contribution in [3.8, 4) is 5.75 Å². The number of aryl methyl sites for hydroxylation is 1. The molecule has 1 spiro atoms. The molecule has 0 bridgehead atoms. The van der Waals surface area contributed by atoms with Crippen molar-refractivity contribution in [1.82, 2.24) is 10.2 Å². The minimum absolute atomic E-state index is 0.297. The molecule has 1 saturated heterocycles. The van der Waals surface area contributed by atoms with Crippen molar-refractivity contribution in [1.29, 1.82) is 0 Å². The summed E-state index contributed by atoms with van der Waals surface area (Å²) in [5.41, 5.74) is 0.837. The van der Waals surface area contributed by atoms with Gasteiger partial charge in [-0.25, -0.2) is 0 Å². The quantitative estimate of drug-likeness (QED) is 0.805. The predicted octanol–water partition coefficient (Wildman–Crippen LogP) is 2.82. The monoisotopic (exact) mass is 283 g/mol. The van der Waals surface area contributed by atoms with Gasteiger partial charge in [-0.1, -0.05) is 29.4 Å². The van der Waals surface area contributed by atoms with Crippen molar-refractivity contribution in [3.63, 3.8) is 0 Å². The highest BCUT2D eigenvalue weighted by molar-refractivity contribution is 5.61. The maximum Gasteiger partial charge on any atom is 0.318 e. The van der Waals surface area contributed by atoms with Crippen LogP contribution in [0.15, 0.2) is 34.8 Å². The van der Waals surface area contributed by atoms with E-state index in [4.69, 9.17) is 9.15 Å². The minimum atomic E-state index is -0.297. The molecule has 1 aromatic heterocycles. The molecule has 21 heavy (non-hydrogen) atoms. The lowest BCUT2D eigenvalue weighted by Crippen LogP contribution is -2.51. The molecule has 4 rings (SSSR count). The first kappa shape index (κ1) is 12.4. The number of benzene rings is 1. The zero-order valence-electron chi connectivity index (χ0n) is 12.0. The summed E-state index contributed by atoms with van der Waals surface area (Å²) in [6, 6.07) is 8.71. The SMILES string of the molecule is Cc1nnc(N2CCCC3(C=Cc4ccccc4O3)C2)o1. The maximum atomic E-state index is 6.30. The van der Waals surface area contributed by atoms with Crippen LogP contribution in [0.4, 0.5) is 6.01 Å². The van der Waals surface area contributed by atoms with Crippen LogP contribution in [-0.4, -0.2) is 28.9 Å². The summed E-state index contributed by atoms with van der Waals surface area (Å²) in [6.07, 6.45) is 6.36. The molecule has 0 aliphatic carbocycles. The van der Waals surface area contributed by atoms with Crippen LogP contribution in [0.2, 0.25) is 0 Å². The molecule has 0 N–H and O–H groups in total. The Morgan fingerprint density at radius 1 is 1.24 bits per heavy atom. The number of fused-ring (bicyclic) bond motifs is 1. The molecular weight excluding hydrogens is 266 g/mol. The van der Waals surface area contributed by atoms with Crippen LogP contribution in [0.3, 0.4) is 0 Å². The average molecular weight is 283 g/mol. The summed E-state index contributed by atoms with van der Waals surface area (Å²) < 4.78 is 11.9. The second-order valence-electron chi connectivity index (χ2n) is 5.67. The smallest absolute Gasteiger partial charge is 0.318 e. The summed E-state index contributed by atoms with van der Waals surface area (Å²) in [6.45, 7) is 3.46. The van der Waals surface area contributed by atoms with Gasteiger partial charge < -0.3 is 14.1 Å². The number of nitrogens with zero attached hydrogens (tertiary/aromatic N) is 3. The molecule has 2 aliphatic rings. The first-order chi connectivity index (χ1) is 10.2. The van der Waals surface area contributed by atoms with E-state index in [9.17, 15) is 0 Å². The molecular formula is C16H17N3O2. The van der Waals surface area contributed by atoms with Crippen molar-refractivity contribution >= 4 is 12.1 Å². The van der Waals surface area contributed by atoms with E-state index in [0.29, 0.717) is 11.9 Å². The van der Waals surface area contributed by atoms with Gasteiger partial charge in [0.25, 0.3) is 0 Å². The van der Waals surface area contributed by atoms with E-state index in [2.05, 4.69) is 33.3 Å². The lowest BCUT2D eigenvalue weighted by atomic mass is 9.89. The van der Waals surface area contributed by atoms with Gasteiger partial charge in [0.1, 0.15) is 11.4 Å². The number of hydrogen-bond donors (Lipinski definition) is 0. The molecule has 108 valence electrons. The van der Waals surface area contributed by atoms with Crippen molar-refractivity contribution in [2.75, 3.05) is 18.0 Å². The van der Waals surface area contributed by atoms with E-state index in [0.717, 1.165) is 37.2 Å². The highest BCUT2D eigenvalue weighted by Crippen LogP contribution is 2.36. The Balaban J connectivity index is 1.61. The number of piperidine rings is 1. The van der Waals surface area contributed by atoms with E-state index in [1.54, 1.807) is 0 Å². The van der Waals surface area contributed by atoms with Gasteiger partial charge in [-0.15, -0.1) is 5.10 Å². The lowest BCUT2D eigenvalue weighted by molar-refractivity contribution is 0.0968. The van der Waals surface area contributed by atoms with Crippen LogP contribution >= 0.6 is 0 Å². The van der Waals surface area contributed by atoms with Gasteiger partial charge in [0.2, 0.25) is 5.89 Å². The normalized spacial score (nSPS) is 24.0. The molecule has 5 heteroatoms. The molecule has 1 aromatic carbocycles. The third-order valence-corrected chi connectivity index (χ3v) is 4.07. The highest BCUT2D eigenvalue weighted by Gasteiger charge is 2.38. The number of rotatable bonds is 1. The van der Waals surface area contributed by atoms with E-state index in [1.165, 1.54) is 0 Å². The Kier molecular flexibility index (Phi) is 2.74. The summed E-state index contributed by atoms with van der Waals surface area (Å²) >= 11 is 0. The Hall–Kier alpha value is -2.30. The van der Waals surface area contributed by atoms with E-state index in [1.807, 2.05) is 25.1 Å². The molecule has 0 saturated carbocycles. The predicted molar refractivity (Wildman–Crippen MR) is 79.3 cm³/mol. The summed E-state index contributed by atoms with van der Waals surface area (Å²) in [5, 5.41) is 8.04. The first-order valence-corrected chi connectivity index (χ1v) is 7.26. The maximum absolute atomic E-state index is 6.30. The summed E-state index contributed by atoms with van der Waals surface area (Å²) in [5.74, 6) is 1.54. The number of ether oxygens (including phenoxy) is 1. The van der Waals surface area contributed by atoms with Crippen LogP contribution in [-0.2, 0) is 0 Å². The topological polar surface area (TPSA) is 51.4 Å². The van der Waals surface area contributed by atoms with Gasteiger partial charge in [0, 0.05) is 19.0 Å². The van der Waals surface area contributed by atoms with Gasteiger partial charge in [0.15, 0.2) is 0 Å². The lowest BCUT2D eigenvalue weighted by Gasteiger charge is -2.42. The third kappa shape index (κ3) is 2.18. The average Bonchev–Trinajstić information content (AvgIpc) is 2.94. The van der Waals surface area contributed by atoms with Gasteiger partial charge in [-0.3, -0.25) is 0 Å². The van der Waals surface area contributed by atoms with Gasteiger partial charge in [-0.05, 0) is 25.0 Å². The second kappa shape index (κ2) is 4.62. The summed E-state index contributed by atoms with van der Waals surface area (Å²) in [7, 11) is 0. The molecule has 5 nitrogen and oxygen atoms in total. The zero-order chi connectivity index (χ0) is 14.3. The number of anilines is 1. The van der Waals surface area contributed by atoms with Gasteiger partial charge >= 0.3 is 6.01 Å². The minimum Gasteiger partial charge on any atom is -0.481 e. The Morgan fingerprint density at radius 2 is 2.14 bits per heavy atom. The van der Waals surface area contributed by atoms with E-state index < -0.39 is 0 Å². The number of hydrogen-bond acceptors (Lipinski definition) is 5. The highest BCUT2D eigenvalue weighted by atomic mass is 16.5.